The zero-order chi connectivity index (χ0) is 9.10. The molecule has 3 nitrogen and oxygen atoms in total. The molecule has 0 fully saturated rings. The summed E-state index contributed by atoms with van der Waals surface area (Å²) in [5, 5.41) is 0. The monoisotopic (exact) mass is 240 g/mol. The molecule has 0 aliphatic rings. The van der Waals surface area contributed by atoms with Crippen LogP contribution >= 0.6 is 15.9 Å². The van der Waals surface area contributed by atoms with E-state index in [1.54, 1.807) is 6.26 Å². The first kappa shape index (κ1) is 8.44. The maximum atomic E-state index is 5.24. The molecule has 13 heavy (non-hydrogen) atoms. The van der Waals surface area contributed by atoms with E-state index < -0.39 is 0 Å². The van der Waals surface area contributed by atoms with Crippen LogP contribution in [0.15, 0.2) is 45.7 Å². The minimum Gasteiger partial charge on any atom is -0.466 e. The van der Waals surface area contributed by atoms with Gasteiger partial charge in [0.15, 0.2) is 0 Å². The summed E-state index contributed by atoms with van der Waals surface area (Å²) in [6.45, 7) is 0.669. The molecule has 0 bridgehead atoms. The van der Waals surface area contributed by atoms with E-state index in [1.807, 2.05) is 35.3 Å². The number of rotatable bonds is 3. The fraction of sp³-hybridized carbons (Fsp3) is 0.111. The van der Waals surface area contributed by atoms with Crippen molar-refractivity contribution in [1.82, 2.24) is 4.68 Å². The Kier molecular flexibility index (Phi) is 2.40. The van der Waals surface area contributed by atoms with Crippen molar-refractivity contribution in [2.45, 2.75) is 6.54 Å². The zero-order valence-corrected chi connectivity index (χ0v) is 8.49. The van der Waals surface area contributed by atoms with Crippen LogP contribution in [0.5, 0.6) is 0 Å². The molecular weight excluding hydrogens is 232 g/mol. The first-order valence-electron chi connectivity index (χ1n) is 3.95. The summed E-state index contributed by atoms with van der Waals surface area (Å²) in [6, 6.07) is 5.81. The first-order valence-corrected chi connectivity index (χ1v) is 4.74. The number of nitrogens with zero attached hydrogens (tertiary/aromatic N) is 1. The Hall–Kier alpha value is -1.16. The highest BCUT2D eigenvalue weighted by Gasteiger charge is 2.01. The van der Waals surface area contributed by atoms with E-state index in [9.17, 15) is 0 Å². The van der Waals surface area contributed by atoms with Gasteiger partial charge in [0, 0.05) is 12.4 Å². The summed E-state index contributed by atoms with van der Waals surface area (Å²) in [6.07, 6.45) is 5.55. The van der Waals surface area contributed by atoms with Gasteiger partial charge < -0.3 is 9.84 Å². The molecule has 0 amide bonds. The van der Waals surface area contributed by atoms with E-state index in [1.165, 1.54) is 0 Å². The maximum Gasteiger partial charge on any atom is 0.138 e. The molecular formula is C9H9BrN2O. The van der Waals surface area contributed by atoms with Gasteiger partial charge in [-0.25, -0.2) is 0 Å². The second kappa shape index (κ2) is 3.70. The van der Waals surface area contributed by atoms with E-state index >= 15 is 0 Å². The lowest BCUT2D eigenvalue weighted by atomic mass is 10.5. The molecule has 0 aliphatic carbocycles. The number of nitrogens with one attached hydrogen (secondary N) is 1. The Morgan fingerprint density at radius 3 is 2.77 bits per heavy atom. The van der Waals surface area contributed by atoms with Crippen molar-refractivity contribution < 1.29 is 4.42 Å². The molecule has 0 aliphatic heterocycles. The van der Waals surface area contributed by atoms with Gasteiger partial charge >= 0.3 is 0 Å². The molecule has 0 radical (unpaired) electrons. The molecule has 0 atom stereocenters. The lowest BCUT2D eigenvalue weighted by Crippen LogP contribution is -2.11. The molecule has 0 unspecified atom stereocenters. The molecule has 2 heterocycles. The molecule has 68 valence electrons. The molecule has 2 aromatic rings. The standard InChI is InChI=1S/C9H9BrN2O/c10-8-3-6-13-9(8)7-11-12-4-1-2-5-12/h1-6,11H,7H2. The average molecular weight is 241 g/mol. The number of aromatic nitrogens is 1. The molecule has 0 saturated heterocycles. The molecule has 2 rings (SSSR count). The molecule has 0 saturated carbocycles. The van der Waals surface area contributed by atoms with Crippen LogP contribution in [0.25, 0.3) is 0 Å². The number of halogens is 1. The summed E-state index contributed by atoms with van der Waals surface area (Å²) in [4.78, 5) is 0. The Balaban J connectivity index is 1.97. The van der Waals surface area contributed by atoms with Crippen LogP contribution in [0.1, 0.15) is 5.76 Å². The predicted molar refractivity (Wildman–Crippen MR) is 53.9 cm³/mol. The quantitative estimate of drug-likeness (QED) is 0.895. The highest BCUT2D eigenvalue weighted by atomic mass is 79.9. The summed E-state index contributed by atoms with van der Waals surface area (Å²) in [7, 11) is 0. The van der Waals surface area contributed by atoms with Crippen molar-refractivity contribution in [3.05, 3.63) is 47.1 Å². The topological polar surface area (TPSA) is 30.1 Å². The lowest BCUT2D eigenvalue weighted by Gasteiger charge is -2.04. The van der Waals surface area contributed by atoms with Gasteiger partial charge in [-0.15, -0.1) is 0 Å². The highest BCUT2D eigenvalue weighted by molar-refractivity contribution is 9.10. The van der Waals surface area contributed by atoms with Crippen molar-refractivity contribution in [3.8, 4) is 0 Å². The van der Waals surface area contributed by atoms with E-state index in [-0.39, 0.29) is 0 Å². The van der Waals surface area contributed by atoms with Crippen LogP contribution in [-0.2, 0) is 6.54 Å². The Bertz CT molecular complexity index is 367. The number of hydrogen-bond donors (Lipinski definition) is 1. The normalized spacial score (nSPS) is 10.2. The average Bonchev–Trinajstić information content (AvgIpc) is 2.72. The molecule has 2 aromatic heterocycles. The van der Waals surface area contributed by atoms with Crippen molar-refractivity contribution in [2.75, 3.05) is 5.43 Å². The Morgan fingerprint density at radius 1 is 1.38 bits per heavy atom. The van der Waals surface area contributed by atoms with Gasteiger partial charge in [-0.1, -0.05) is 0 Å². The number of hydrogen-bond acceptors (Lipinski definition) is 2. The van der Waals surface area contributed by atoms with Crippen LogP contribution in [-0.4, -0.2) is 4.68 Å². The molecule has 0 aromatic carbocycles. The van der Waals surface area contributed by atoms with E-state index in [0.717, 1.165) is 10.2 Å². The van der Waals surface area contributed by atoms with Gasteiger partial charge in [-0.3, -0.25) is 4.68 Å². The van der Waals surface area contributed by atoms with Crippen LogP contribution in [0.3, 0.4) is 0 Å². The largest absolute Gasteiger partial charge is 0.466 e. The van der Waals surface area contributed by atoms with Crippen molar-refractivity contribution in [3.63, 3.8) is 0 Å². The molecule has 0 spiro atoms. The fourth-order valence-corrected chi connectivity index (χ4v) is 1.40. The van der Waals surface area contributed by atoms with Crippen LogP contribution in [0, 0.1) is 0 Å². The van der Waals surface area contributed by atoms with E-state index in [0.29, 0.717) is 6.54 Å². The van der Waals surface area contributed by atoms with Crippen molar-refractivity contribution in [2.24, 2.45) is 0 Å². The minimum atomic E-state index is 0.669. The summed E-state index contributed by atoms with van der Waals surface area (Å²) < 4.78 is 8.12. The molecule has 4 heteroatoms. The van der Waals surface area contributed by atoms with Gasteiger partial charge in [-0.2, -0.15) is 0 Å². The summed E-state index contributed by atoms with van der Waals surface area (Å²) >= 11 is 3.39. The zero-order valence-electron chi connectivity index (χ0n) is 6.90. The maximum absolute atomic E-state index is 5.24. The smallest absolute Gasteiger partial charge is 0.138 e. The SMILES string of the molecule is Brc1ccoc1CNn1cccc1. The summed E-state index contributed by atoms with van der Waals surface area (Å²) in [5.74, 6) is 0.897. The predicted octanol–water partition coefficient (Wildman–Crippen LogP) is 2.59. The van der Waals surface area contributed by atoms with Gasteiger partial charge in [0.05, 0.1) is 17.3 Å². The molecule has 1 N–H and O–H groups in total. The lowest BCUT2D eigenvalue weighted by molar-refractivity contribution is 0.508. The van der Waals surface area contributed by atoms with Crippen LogP contribution < -0.4 is 5.43 Å². The van der Waals surface area contributed by atoms with Crippen LogP contribution in [0.2, 0.25) is 0 Å². The highest BCUT2D eigenvalue weighted by Crippen LogP contribution is 2.17. The first-order chi connectivity index (χ1) is 6.36. The van der Waals surface area contributed by atoms with Crippen molar-refractivity contribution >= 4 is 15.9 Å². The second-order valence-corrected chi connectivity index (χ2v) is 3.47. The minimum absolute atomic E-state index is 0.669. The van der Waals surface area contributed by atoms with E-state index in [4.69, 9.17) is 4.42 Å². The third-order valence-corrected chi connectivity index (χ3v) is 2.42. The fourth-order valence-electron chi connectivity index (χ4n) is 1.05. The van der Waals surface area contributed by atoms with Gasteiger partial charge in [0.25, 0.3) is 0 Å². The third-order valence-electron chi connectivity index (χ3n) is 1.72. The van der Waals surface area contributed by atoms with Gasteiger partial charge in [0.2, 0.25) is 0 Å². The Labute approximate surface area is 84.5 Å². The van der Waals surface area contributed by atoms with Gasteiger partial charge in [-0.05, 0) is 34.1 Å². The van der Waals surface area contributed by atoms with Gasteiger partial charge in [0.1, 0.15) is 5.76 Å². The third kappa shape index (κ3) is 1.95. The van der Waals surface area contributed by atoms with Crippen molar-refractivity contribution in [1.29, 1.82) is 0 Å². The number of furan rings is 1. The second-order valence-electron chi connectivity index (χ2n) is 2.62. The van der Waals surface area contributed by atoms with E-state index in [2.05, 4.69) is 21.4 Å². The van der Waals surface area contributed by atoms with Crippen LogP contribution in [0.4, 0.5) is 0 Å². The summed E-state index contributed by atoms with van der Waals surface area (Å²) in [5.41, 5.74) is 3.16. The Morgan fingerprint density at radius 2 is 2.15 bits per heavy atom.